The third-order valence-electron chi connectivity index (χ3n) is 2.14. The molecule has 0 radical (unpaired) electrons. The van der Waals surface area contributed by atoms with E-state index in [4.69, 9.17) is 4.74 Å². The second-order valence-corrected chi connectivity index (χ2v) is 2.87. The largest absolute Gasteiger partial charge is 0.382 e. The van der Waals surface area contributed by atoms with Gasteiger partial charge >= 0.3 is 0 Å². The fraction of sp³-hybridized carbons (Fsp3) is 1.00. The van der Waals surface area contributed by atoms with Crippen LogP contribution in [0, 0.1) is 0 Å². The predicted octanol–water partition coefficient (Wildman–Crippen LogP) is 3.58. The van der Waals surface area contributed by atoms with Crippen molar-refractivity contribution >= 4 is 6.71 Å². The smallest absolute Gasteiger partial charge is 0.139 e. The van der Waals surface area contributed by atoms with Crippen LogP contribution in [0.2, 0.25) is 19.0 Å². The third-order valence-corrected chi connectivity index (χ3v) is 2.14. The van der Waals surface area contributed by atoms with Gasteiger partial charge in [0.1, 0.15) is 6.71 Å². The quantitative estimate of drug-likeness (QED) is 0.576. The third kappa shape index (κ3) is 12.7. The summed E-state index contributed by atoms with van der Waals surface area (Å²) in [6.45, 7) is 13.4. The molecule has 0 aliphatic heterocycles. The van der Waals surface area contributed by atoms with Crippen LogP contribution in [-0.4, -0.2) is 19.9 Å². The molecule has 0 aliphatic carbocycles. The first kappa shape index (κ1) is 14.5. The van der Waals surface area contributed by atoms with Gasteiger partial charge in [-0.05, 0) is 13.8 Å². The van der Waals surface area contributed by atoms with Gasteiger partial charge < -0.3 is 4.74 Å². The second kappa shape index (κ2) is 13.6. The Kier molecular flexibility index (Phi) is 16.5. The van der Waals surface area contributed by atoms with Crippen LogP contribution < -0.4 is 0 Å². The minimum Gasteiger partial charge on any atom is -0.382 e. The first-order chi connectivity index (χ1) is 5.76. The molecular weight excluding hydrogens is 147 g/mol. The van der Waals surface area contributed by atoms with Gasteiger partial charge in [0.05, 0.1) is 0 Å². The van der Waals surface area contributed by atoms with Gasteiger partial charge in [-0.2, -0.15) is 0 Å². The van der Waals surface area contributed by atoms with Crippen molar-refractivity contribution in [2.45, 2.75) is 53.6 Å². The molecule has 0 rings (SSSR count). The second-order valence-electron chi connectivity index (χ2n) is 2.87. The van der Waals surface area contributed by atoms with Crippen LogP contribution in [0.5, 0.6) is 0 Å². The highest BCUT2D eigenvalue weighted by molar-refractivity contribution is 6.58. The lowest BCUT2D eigenvalue weighted by molar-refractivity contribution is 0.162. The van der Waals surface area contributed by atoms with Crippen LogP contribution in [0.1, 0.15) is 34.6 Å². The minimum absolute atomic E-state index is 0.844. The number of hydrogen-bond donors (Lipinski definition) is 0. The minimum atomic E-state index is 0.844. The molecule has 0 atom stereocenters. The Morgan fingerprint density at radius 2 is 1.08 bits per heavy atom. The molecule has 74 valence electrons. The average Bonchev–Trinajstić information content (AvgIpc) is 2.10. The molecule has 0 aliphatic rings. The van der Waals surface area contributed by atoms with Gasteiger partial charge in [0.25, 0.3) is 0 Å². The standard InChI is InChI=1S/C6H15B.C4H10O/c1-4-7(5-2)6-3;1-3-5-4-2/h4-6H2,1-3H3;3-4H2,1-2H3. The summed E-state index contributed by atoms with van der Waals surface area (Å²) in [4.78, 5) is 0. The summed E-state index contributed by atoms with van der Waals surface area (Å²) in [5.41, 5.74) is 0. The van der Waals surface area contributed by atoms with Crippen LogP contribution in [0.4, 0.5) is 0 Å². The van der Waals surface area contributed by atoms with Crippen molar-refractivity contribution in [2.24, 2.45) is 0 Å². The maximum absolute atomic E-state index is 4.83. The number of rotatable bonds is 5. The van der Waals surface area contributed by atoms with E-state index in [2.05, 4.69) is 20.8 Å². The van der Waals surface area contributed by atoms with E-state index in [0.29, 0.717) is 0 Å². The Morgan fingerprint density at radius 3 is 1.08 bits per heavy atom. The van der Waals surface area contributed by atoms with Gasteiger partial charge in [0.2, 0.25) is 0 Å². The molecule has 0 heterocycles. The topological polar surface area (TPSA) is 9.23 Å². The molecule has 1 nitrogen and oxygen atoms in total. The van der Waals surface area contributed by atoms with Crippen molar-refractivity contribution in [3.63, 3.8) is 0 Å². The van der Waals surface area contributed by atoms with E-state index in [-0.39, 0.29) is 0 Å². The molecule has 0 bridgehead atoms. The van der Waals surface area contributed by atoms with E-state index < -0.39 is 0 Å². The normalized spacial score (nSPS) is 8.75. The molecule has 0 fully saturated rings. The number of ether oxygens (including phenoxy) is 1. The number of hydrogen-bond acceptors (Lipinski definition) is 1. The molecule has 0 saturated carbocycles. The molecular formula is C10H25BO. The molecule has 0 saturated heterocycles. The van der Waals surface area contributed by atoms with Gasteiger partial charge in [-0.1, -0.05) is 39.7 Å². The Bertz CT molecular complexity index is 55.3. The fourth-order valence-electron chi connectivity index (χ4n) is 1.07. The Labute approximate surface area is 79.0 Å². The first-order valence-electron chi connectivity index (χ1n) is 5.34. The Balaban J connectivity index is 0. The summed E-state index contributed by atoms with van der Waals surface area (Å²) in [6.07, 6.45) is 4.06. The van der Waals surface area contributed by atoms with Crippen LogP contribution in [0.15, 0.2) is 0 Å². The van der Waals surface area contributed by atoms with E-state index in [1.165, 1.54) is 19.0 Å². The monoisotopic (exact) mass is 172 g/mol. The van der Waals surface area contributed by atoms with Gasteiger partial charge in [0.15, 0.2) is 0 Å². The molecule has 0 N–H and O–H groups in total. The van der Waals surface area contributed by atoms with Gasteiger partial charge in [0, 0.05) is 13.2 Å². The van der Waals surface area contributed by atoms with Crippen molar-refractivity contribution in [3.05, 3.63) is 0 Å². The average molecular weight is 172 g/mol. The summed E-state index contributed by atoms with van der Waals surface area (Å²) in [6, 6.07) is 0. The highest BCUT2D eigenvalue weighted by atomic mass is 16.5. The lowest BCUT2D eigenvalue weighted by Gasteiger charge is -2.00. The summed E-state index contributed by atoms with van der Waals surface area (Å²) < 4.78 is 4.83. The SMILES string of the molecule is CCB(CC)CC.CCOCC. The summed E-state index contributed by atoms with van der Waals surface area (Å²) >= 11 is 0. The van der Waals surface area contributed by atoms with E-state index in [9.17, 15) is 0 Å². The van der Waals surface area contributed by atoms with Crippen LogP contribution in [0.3, 0.4) is 0 Å². The molecule has 0 amide bonds. The summed E-state index contributed by atoms with van der Waals surface area (Å²) in [5.74, 6) is 0. The van der Waals surface area contributed by atoms with Gasteiger partial charge in [-0.15, -0.1) is 0 Å². The zero-order chi connectivity index (χ0) is 9.82. The highest BCUT2D eigenvalue weighted by Crippen LogP contribution is 2.01. The van der Waals surface area contributed by atoms with E-state index >= 15 is 0 Å². The van der Waals surface area contributed by atoms with Gasteiger partial charge in [-0.25, -0.2) is 0 Å². The summed E-state index contributed by atoms with van der Waals surface area (Å²) in [5, 5.41) is 0. The van der Waals surface area contributed by atoms with Crippen LogP contribution >= 0.6 is 0 Å². The first-order valence-corrected chi connectivity index (χ1v) is 5.34. The van der Waals surface area contributed by atoms with Crippen LogP contribution in [0.25, 0.3) is 0 Å². The molecule has 0 aromatic carbocycles. The summed E-state index contributed by atoms with van der Waals surface area (Å²) in [7, 11) is 0. The lowest BCUT2D eigenvalue weighted by atomic mass is 9.44. The van der Waals surface area contributed by atoms with E-state index in [1.807, 2.05) is 13.8 Å². The van der Waals surface area contributed by atoms with Crippen molar-refractivity contribution in [1.82, 2.24) is 0 Å². The van der Waals surface area contributed by atoms with Crippen molar-refractivity contribution in [3.8, 4) is 0 Å². The van der Waals surface area contributed by atoms with Crippen molar-refractivity contribution in [1.29, 1.82) is 0 Å². The fourth-order valence-corrected chi connectivity index (χ4v) is 1.07. The zero-order valence-electron chi connectivity index (χ0n) is 9.52. The maximum Gasteiger partial charge on any atom is 0.139 e. The van der Waals surface area contributed by atoms with Crippen LogP contribution in [-0.2, 0) is 4.74 Å². The predicted molar refractivity (Wildman–Crippen MR) is 59.4 cm³/mol. The highest BCUT2D eigenvalue weighted by Gasteiger charge is 2.01. The van der Waals surface area contributed by atoms with Crippen molar-refractivity contribution < 1.29 is 4.74 Å². The molecule has 12 heavy (non-hydrogen) atoms. The molecule has 0 spiro atoms. The lowest BCUT2D eigenvalue weighted by Crippen LogP contribution is -2.04. The molecule has 0 aromatic rings. The molecule has 0 aromatic heterocycles. The zero-order valence-corrected chi connectivity index (χ0v) is 9.52. The molecule has 0 unspecified atom stereocenters. The van der Waals surface area contributed by atoms with E-state index in [0.717, 1.165) is 19.9 Å². The Hall–Kier alpha value is 0.0249. The Morgan fingerprint density at radius 1 is 0.750 bits per heavy atom. The molecule has 2 heteroatoms. The van der Waals surface area contributed by atoms with E-state index in [1.54, 1.807) is 0 Å². The maximum atomic E-state index is 4.83. The van der Waals surface area contributed by atoms with Gasteiger partial charge in [-0.3, -0.25) is 0 Å². The van der Waals surface area contributed by atoms with Crippen molar-refractivity contribution in [2.75, 3.05) is 13.2 Å².